The van der Waals surface area contributed by atoms with Crippen LogP contribution in [0.2, 0.25) is 0 Å². The molecule has 0 spiro atoms. The molecular weight excluding hydrogens is 298 g/mol. The van der Waals surface area contributed by atoms with Gasteiger partial charge in [-0.15, -0.1) is 0 Å². The highest BCUT2D eigenvalue weighted by Gasteiger charge is 2.07. The standard InChI is InChI=1S/C21H25NO2/c1-5-6-10-24-20-11-16(2)21(17(3)12-20)14-18-8-7-9-19(13-18)15-22-23-4/h5-9,11-13,15H,10,14H2,1-4H3/b6-5+,22-15?. The Morgan fingerprint density at radius 3 is 2.50 bits per heavy atom. The fourth-order valence-corrected chi connectivity index (χ4v) is 2.66. The van der Waals surface area contributed by atoms with Gasteiger partial charge in [0.15, 0.2) is 0 Å². The van der Waals surface area contributed by atoms with Gasteiger partial charge in [-0.05, 0) is 73.2 Å². The van der Waals surface area contributed by atoms with Gasteiger partial charge in [0, 0.05) is 0 Å². The molecule has 2 rings (SSSR count). The summed E-state index contributed by atoms with van der Waals surface area (Å²) in [4.78, 5) is 4.75. The summed E-state index contributed by atoms with van der Waals surface area (Å²) in [6.07, 6.45) is 6.61. The molecule has 3 heteroatoms. The van der Waals surface area contributed by atoms with E-state index in [1.165, 1.54) is 22.3 Å². The maximum Gasteiger partial charge on any atom is 0.120 e. The van der Waals surface area contributed by atoms with Crippen LogP contribution in [0.5, 0.6) is 5.75 Å². The number of oxime groups is 1. The number of rotatable bonds is 7. The first-order chi connectivity index (χ1) is 11.6. The summed E-state index contributed by atoms with van der Waals surface area (Å²) >= 11 is 0. The van der Waals surface area contributed by atoms with Crippen molar-refractivity contribution in [3.05, 3.63) is 76.4 Å². The van der Waals surface area contributed by atoms with Crippen LogP contribution >= 0.6 is 0 Å². The molecule has 0 saturated carbocycles. The van der Waals surface area contributed by atoms with Gasteiger partial charge in [-0.3, -0.25) is 0 Å². The second-order valence-electron chi connectivity index (χ2n) is 5.75. The van der Waals surface area contributed by atoms with E-state index < -0.39 is 0 Å². The Labute approximate surface area is 144 Å². The summed E-state index contributed by atoms with van der Waals surface area (Å²) in [7, 11) is 1.55. The molecule has 0 heterocycles. The third-order valence-electron chi connectivity index (χ3n) is 3.89. The highest BCUT2D eigenvalue weighted by Crippen LogP contribution is 2.24. The van der Waals surface area contributed by atoms with Crippen LogP contribution in [0.4, 0.5) is 0 Å². The fourth-order valence-electron chi connectivity index (χ4n) is 2.66. The number of allylic oxidation sites excluding steroid dienone is 1. The van der Waals surface area contributed by atoms with E-state index >= 15 is 0 Å². The molecule has 2 aromatic carbocycles. The molecule has 0 fully saturated rings. The van der Waals surface area contributed by atoms with E-state index in [1.807, 2.05) is 31.2 Å². The molecule has 0 aliphatic carbocycles. The van der Waals surface area contributed by atoms with Crippen LogP contribution in [0.3, 0.4) is 0 Å². The summed E-state index contributed by atoms with van der Waals surface area (Å²) in [6, 6.07) is 12.6. The topological polar surface area (TPSA) is 30.8 Å². The maximum atomic E-state index is 5.76. The van der Waals surface area contributed by atoms with Crippen molar-refractivity contribution in [2.24, 2.45) is 5.16 Å². The lowest BCUT2D eigenvalue weighted by atomic mass is 9.95. The van der Waals surface area contributed by atoms with Crippen molar-refractivity contribution in [1.29, 1.82) is 0 Å². The predicted octanol–water partition coefficient (Wildman–Crippen LogP) is 4.83. The second-order valence-corrected chi connectivity index (χ2v) is 5.75. The SMILES string of the molecule is C/C=C/COc1cc(C)c(Cc2cccc(C=NOC)c2)c(C)c1. The van der Waals surface area contributed by atoms with Crippen LogP contribution in [-0.2, 0) is 11.3 Å². The van der Waals surface area contributed by atoms with Crippen LogP contribution in [0, 0.1) is 13.8 Å². The first-order valence-corrected chi connectivity index (χ1v) is 8.13. The zero-order chi connectivity index (χ0) is 17.4. The van der Waals surface area contributed by atoms with Crippen molar-refractivity contribution >= 4 is 6.21 Å². The van der Waals surface area contributed by atoms with Crippen molar-refractivity contribution in [3.63, 3.8) is 0 Å². The average molecular weight is 323 g/mol. The van der Waals surface area contributed by atoms with Gasteiger partial charge in [-0.2, -0.15) is 0 Å². The number of ether oxygens (including phenoxy) is 1. The minimum absolute atomic E-state index is 0.607. The molecule has 0 N–H and O–H groups in total. The van der Waals surface area contributed by atoms with Crippen LogP contribution in [0.1, 0.15) is 34.7 Å². The number of hydrogen-bond donors (Lipinski definition) is 0. The Kier molecular flexibility index (Phi) is 6.62. The lowest BCUT2D eigenvalue weighted by Crippen LogP contribution is -2.00. The molecule has 0 saturated heterocycles. The molecule has 126 valence electrons. The smallest absolute Gasteiger partial charge is 0.120 e. The Morgan fingerprint density at radius 1 is 1.08 bits per heavy atom. The molecule has 0 unspecified atom stereocenters. The molecule has 0 aliphatic rings. The van der Waals surface area contributed by atoms with Crippen LogP contribution in [-0.4, -0.2) is 19.9 Å². The Bertz CT molecular complexity index is 709. The van der Waals surface area contributed by atoms with E-state index in [0.717, 1.165) is 17.7 Å². The molecule has 0 amide bonds. The third kappa shape index (κ3) is 4.98. The number of benzene rings is 2. The van der Waals surface area contributed by atoms with Gasteiger partial charge in [0.1, 0.15) is 19.5 Å². The maximum absolute atomic E-state index is 5.76. The minimum atomic E-state index is 0.607. The predicted molar refractivity (Wildman–Crippen MR) is 100 cm³/mol. The molecular formula is C21H25NO2. The van der Waals surface area contributed by atoms with Gasteiger partial charge in [-0.25, -0.2) is 0 Å². The minimum Gasteiger partial charge on any atom is -0.490 e. The van der Waals surface area contributed by atoms with Crippen LogP contribution < -0.4 is 4.74 Å². The molecule has 0 aromatic heterocycles. The van der Waals surface area contributed by atoms with Gasteiger partial charge in [-0.1, -0.05) is 35.5 Å². The molecule has 0 bridgehead atoms. The molecule has 24 heavy (non-hydrogen) atoms. The normalized spacial score (nSPS) is 11.3. The summed E-state index contributed by atoms with van der Waals surface area (Å²) in [6.45, 7) is 6.88. The average Bonchev–Trinajstić information content (AvgIpc) is 2.57. The summed E-state index contributed by atoms with van der Waals surface area (Å²) in [5.41, 5.74) is 6.14. The second kappa shape index (κ2) is 8.92. The van der Waals surface area contributed by atoms with Gasteiger partial charge in [0.05, 0.1) is 6.21 Å². The van der Waals surface area contributed by atoms with Crippen molar-refractivity contribution in [3.8, 4) is 5.75 Å². The van der Waals surface area contributed by atoms with Gasteiger partial charge < -0.3 is 9.57 Å². The molecule has 2 aromatic rings. The fraction of sp³-hybridized carbons (Fsp3) is 0.286. The van der Waals surface area contributed by atoms with E-state index in [9.17, 15) is 0 Å². The van der Waals surface area contributed by atoms with Gasteiger partial charge in [0.2, 0.25) is 0 Å². The lowest BCUT2D eigenvalue weighted by molar-refractivity contribution is 0.215. The molecule has 0 aliphatic heterocycles. The van der Waals surface area contributed by atoms with Crippen LogP contribution in [0.15, 0.2) is 53.7 Å². The van der Waals surface area contributed by atoms with E-state index in [4.69, 9.17) is 9.57 Å². The Morgan fingerprint density at radius 2 is 1.83 bits per heavy atom. The molecule has 0 radical (unpaired) electrons. The quantitative estimate of drug-likeness (QED) is 0.415. The molecule has 3 nitrogen and oxygen atoms in total. The first-order valence-electron chi connectivity index (χ1n) is 8.13. The van der Waals surface area contributed by atoms with E-state index in [1.54, 1.807) is 13.3 Å². The highest BCUT2D eigenvalue weighted by atomic mass is 16.6. The van der Waals surface area contributed by atoms with Crippen molar-refractivity contribution in [1.82, 2.24) is 0 Å². The van der Waals surface area contributed by atoms with Crippen molar-refractivity contribution < 1.29 is 9.57 Å². The largest absolute Gasteiger partial charge is 0.490 e. The summed E-state index contributed by atoms with van der Waals surface area (Å²) in [5.74, 6) is 0.924. The van der Waals surface area contributed by atoms with Crippen molar-refractivity contribution in [2.45, 2.75) is 27.2 Å². The monoisotopic (exact) mass is 323 g/mol. The van der Waals surface area contributed by atoms with E-state index in [0.29, 0.717) is 6.61 Å². The van der Waals surface area contributed by atoms with Gasteiger partial charge >= 0.3 is 0 Å². The van der Waals surface area contributed by atoms with Gasteiger partial charge in [0.25, 0.3) is 0 Å². The first kappa shape index (κ1) is 17.8. The Hall–Kier alpha value is -2.55. The number of hydrogen-bond acceptors (Lipinski definition) is 3. The third-order valence-corrected chi connectivity index (χ3v) is 3.89. The van der Waals surface area contributed by atoms with Crippen LogP contribution in [0.25, 0.3) is 0 Å². The summed E-state index contributed by atoms with van der Waals surface area (Å²) < 4.78 is 5.76. The zero-order valence-electron chi connectivity index (χ0n) is 14.9. The number of nitrogens with zero attached hydrogens (tertiary/aromatic N) is 1. The zero-order valence-corrected chi connectivity index (χ0v) is 14.9. The lowest BCUT2D eigenvalue weighted by Gasteiger charge is -2.13. The Balaban J connectivity index is 2.19. The van der Waals surface area contributed by atoms with Crippen molar-refractivity contribution in [2.75, 3.05) is 13.7 Å². The number of aryl methyl sites for hydroxylation is 2. The molecule has 0 atom stereocenters. The summed E-state index contributed by atoms with van der Waals surface area (Å²) in [5, 5.41) is 3.83. The highest BCUT2D eigenvalue weighted by molar-refractivity contribution is 5.79. The van der Waals surface area contributed by atoms with E-state index in [2.05, 4.69) is 43.3 Å². The van der Waals surface area contributed by atoms with E-state index in [-0.39, 0.29) is 0 Å².